The second-order valence-corrected chi connectivity index (χ2v) is 2.94. The summed E-state index contributed by atoms with van der Waals surface area (Å²) < 4.78 is 4.93. The van der Waals surface area contributed by atoms with Crippen molar-refractivity contribution in [2.45, 2.75) is 12.5 Å². The van der Waals surface area contributed by atoms with Gasteiger partial charge in [-0.05, 0) is 12.5 Å². The minimum absolute atomic E-state index is 0.00986. The predicted octanol–water partition coefficient (Wildman–Crippen LogP) is 2.01. The molecule has 0 fully saturated rings. The smallest absolute Gasteiger partial charge is 0.163 e. The van der Waals surface area contributed by atoms with Gasteiger partial charge in [0.2, 0.25) is 0 Å². The van der Waals surface area contributed by atoms with Crippen LogP contribution in [0.1, 0.15) is 18.1 Å². The number of aliphatic hydroxyl groups excluding tert-OH is 1. The second kappa shape index (κ2) is 4.67. The average Bonchev–Trinajstić information content (AvgIpc) is 2.18. The van der Waals surface area contributed by atoms with E-state index in [0.29, 0.717) is 17.7 Å². The molecule has 0 aromatic heterocycles. The van der Waals surface area contributed by atoms with Crippen LogP contribution in [0.15, 0.2) is 30.9 Å². The van der Waals surface area contributed by atoms with Crippen LogP contribution in [-0.2, 0) is 0 Å². The molecule has 3 heteroatoms. The van der Waals surface area contributed by atoms with Crippen LogP contribution in [0.4, 0.5) is 0 Å². The number of ether oxygens (including phenoxy) is 1. The van der Waals surface area contributed by atoms with E-state index in [4.69, 9.17) is 4.74 Å². The summed E-state index contributed by atoms with van der Waals surface area (Å²) in [6.07, 6.45) is 1.27. The van der Waals surface area contributed by atoms with Crippen LogP contribution in [0.25, 0.3) is 0 Å². The Labute approximate surface area is 83.3 Å². The normalized spacial score (nSPS) is 12.1. The number of para-hydroxylation sites is 1. The zero-order valence-corrected chi connectivity index (χ0v) is 8.10. The lowest BCUT2D eigenvalue weighted by atomic mass is 10.1. The maximum absolute atomic E-state index is 9.67. The van der Waals surface area contributed by atoms with E-state index in [1.165, 1.54) is 7.11 Å². The van der Waals surface area contributed by atoms with Crippen molar-refractivity contribution in [2.24, 2.45) is 0 Å². The SMILES string of the molecule is C=CCC(O)c1cccc(OC)c1O. The molecule has 1 aromatic carbocycles. The molecule has 1 rings (SSSR count). The molecule has 0 bridgehead atoms. The fourth-order valence-electron chi connectivity index (χ4n) is 1.26. The molecule has 1 aromatic rings. The molecular weight excluding hydrogens is 180 g/mol. The summed E-state index contributed by atoms with van der Waals surface area (Å²) in [5.74, 6) is 0.356. The molecule has 0 amide bonds. The summed E-state index contributed by atoms with van der Waals surface area (Å²) in [5.41, 5.74) is 0.462. The van der Waals surface area contributed by atoms with Crippen LogP contribution in [0, 0.1) is 0 Å². The summed E-state index contributed by atoms with van der Waals surface area (Å²) in [6, 6.07) is 5.02. The van der Waals surface area contributed by atoms with E-state index in [1.807, 2.05) is 0 Å². The topological polar surface area (TPSA) is 49.7 Å². The number of methoxy groups -OCH3 is 1. The summed E-state index contributed by atoms with van der Waals surface area (Å²) >= 11 is 0. The van der Waals surface area contributed by atoms with Crippen LogP contribution in [0.2, 0.25) is 0 Å². The van der Waals surface area contributed by atoms with E-state index in [-0.39, 0.29) is 5.75 Å². The minimum atomic E-state index is -0.734. The molecule has 76 valence electrons. The number of phenols is 1. The predicted molar refractivity (Wildman–Crippen MR) is 54.4 cm³/mol. The summed E-state index contributed by atoms with van der Waals surface area (Å²) in [4.78, 5) is 0. The van der Waals surface area contributed by atoms with E-state index in [2.05, 4.69) is 6.58 Å². The van der Waals surface area contributed by atoms with Crippen molar-refractivity contribution in [1.82, 2.24) is 0 Å². The van der Waals surface area contributed by atoms with Gasteiger partial charge in [-0.25, -0.2) is 0 Å². The molecule has 0 radical (unpaired) electrons. The fraction of sp³-hybridized carbons (Fsp3) is 0.273. The highest BCUT2D eigenvalue weighted by Gasteiger charge is 2.13. The molecule has 1 atom stereocenters. The van der Waals surface area contributed by atoms with Crippen molar-refractivity contribution in [3.8, 4) is 11.5 Å². The van der Waals surface area contributed by atoms with Gasteiger partial charge in [0.25, 0.3) is 0 Å². The number of hydrogen-bond acceptors (Lipinski definition) is 3. The largest absolute Gasteiger partial charge is 0.504 e. The highest BCUT2D eigenvalue weighted by Crippen LogP contribution is 2.34. The van der Waals surface area contributed by atoms with Gasteiger partial charge < -0.3 is 14.9 Å². The first kappa shape index (κ1) is 10.6. The maximum Gasteiger partial charge on any atom is 0.163 e. The number of aromatic hydroxyl groups is 1. The third-order valence-corrected chi connectivity index (χ3v) is 2.00. The molecule has 0 spiro atoms. The summed E-state index contributed by atoms with van der Waals surface area (Å²) in [6.45, 7) is 3.53. The maximum atomic E-state index is 9.67. The molecule has 0 saturated carbocycles. The molecule has 0 aliphatic carbocycles. The quantitative estimate of drug-likeness (QED) is 0.721. The average molecular weight is 194 g/mol. The van der Waals surface area contributed by atoms with E-state index >= 15 is 0 Å². The number of phenolic OH excluding ortho intramolecular Hbond substituents is 1. The molecule has 0 heterocycles. The van der Waals surface area contributed by atoms with E-state index < -0.39 is 6.10 Å². The Kier molecular flexibility index (Phi) is 3.54. The summed E-state index contributed by atoms with van der Waals surface area (Å²) in [7, 11) is 1.47. The first-order valence-corrected chi connectivity index (χ1v) is 4.35. The van der Waals surface area contributed by atoms with Gasteiger partial charge in [-0.2, -0.15) is 0 Å². The molecule has 0 saturated heterocycles. The van der Waals surface area contributed by atoms with Gasteiger partial charge in [0.1, 0.15) is 0 Å². The van der Waals surface area contributed by atoms with Crippen molar-refractivity contribution in [2.75, 3.05) is 7.11 Å². The number of benzene rings is 1. The monoisotopic (exact) mass is 194 g/mol. The number of aliphatic hydroxyl groups is 1. The van der Waals surface area contributed by atoms with Crippen molar-refractivity contribution in [3.63, 3.8) is 0 Å². The third kappa shape index (κ3) is 2.06. The zero-order valence-electron chi connectivity index (χ0n) is 8.10. The highest BCUT2D eigenvalue weighted by molar-refractivity contribution is 5.46. The molecule has 0 aliphatic rings. The lowest BCUT2D eigenvalue weighted by Crippen LogP contribution is -1.97. The Hall–Kier alpha value is -1.48. The Morgan fingerprint density at radius 2 is 2.29 bits per heavy atom. The van der Waals surface area contributed by atoms with Crippen LogP contribution in [0.3, 0.4) is 0 Å². The van der Waals surface area contributed by atoms with Gasteiger partial charge >= 0.3 is 0 Å². The summed E-state index contributed by atoms with van der Waals surface area (Å²) in [5, 5.41) is 19.3. The molecule has 2 N–H and O–H groups in total. The first-order valence-electron chi connectivity index (χ1n) is 4.35. The van der Waals surface area contributed by atoms with Gasteiger partial charge in [0, 0.05) is 5.56 Å². The van der Waals surface area contributed by atoms with Crippen LogP contribution in [-0.4, -0.2) is 17.3 Å². The molecule has 0 aliphatic heterocycles. The fourth-order valence-corrected chi connectivity index (χ4v) is 1.26. The lowest BCUT2D eigenvalue weighted by Gasteiger charge is -2.12. The highest BCUT2D eigenvalue weighted by atomic mass is 16.5. The van der Waals surface area contributed by atoms with Gasteiger partial charge in [-0.15, -0.1) is 6.58 Å². The van der Waals surface area contributed by atoms with E-state index in [9.17, 15) is 10.2 Å². The minimum Gasteiger partial charge on any atom is -0.504 e. The molecule has 1 unspecified atom stereocenters. The van der Waals surface area contributed by atoms with Gasteiger partial charge in [-0.3, -0.25) is 0 Å². The Morgan fingerprint density at radius 3 is 2.86 bits per heavy atom. The van der Waals surface area contributed by atoms with E-state index in [0.717, 1.165) is 0 Å². The van der Waals surface area contributed by atoms with Crippen molar-refractivity contribution in [3.05, 3.63) is 36.4 Å². The Morgan fingerprint density at radius 1 is 1.57 bits per heavy atom. The van der Waals surface area contributed by atoms with Crippen LogP contribution >= 0.6 is 0 Å². The number of rotatable bonds is 4. The standard InChI is InChI=1S/C11H14O3/c1-3-5-9(12)8-6-4-7-10(14-2)11(8)13/h3-4,6-7,9,12-13H,1,5H2,2H3. The van der Waals surface area contributed by atoms with Crippen molar-refractivity contribution in [1.29, 1.82) is 0 Å². The zero-order chi connectivity index (χ0) is 10.6. The molecule has 14 heavy (non-hydrogen) atoms. The van der Waals surface area contributed by atoms with Crippen molar-refractivity contribution >= 4 is 0 Å². The Balaban J connectivity index is 3.02. The first-order chi connectivity index (χ1) is 6.70. The Bertz CT molecular complexity index is 320. The molecular formula is C11H14O3. The third-order valence-electron chi connectivity index (χ3n) is 2.00. The van der Waals surface area contributed by atoms with Gasteiger partial charge in [0.05, 0.1) is 13.2 Å². The second-order valence-electron chi connectivity index (χ2n) is 2.94. The van der Waals surface area contributed by atoms with Crippen LogP contribution in [0.5, 0.6) is 11.5 Å². The van der Waals surface area contributed by atoms with Gasteiger partial charge in [0.15, 0.2) is 11.5 Å². The van der Waals surface area contributed by atoms with Crippen LogP contribution < -0.4 is 4.74 Å². The lowest BCUT2D eigenvalue weighted by molar-refractivity contribution is 0.176. The van der Waals surface area contributed by atoms with Crippen molar-refractivity contribution < 1.29 is 14.9 Å². The van der Waals surface area contributed by atoms with Gasteiger partial charge in [-0.1, -0.05) is 18.2 Å². The number of hydrogen-bond donors (Lipinski definition) is 2. The molecule has 3 nitrogen and oxygen atoms in total. The van der Waals surface area contributed by atoms with E-state index in [1.54, 1.807) is 24.3 Å².